The van der Waals surface area contributed by atoms with E-state index in [9.17, 15) is 13.2 Å². The Labute approximate surface area is 185 Å². The first-order valence-electron chi connectivity index (χ1n) is 9.35. The first-order chi connectivity index (χ1) is 13.3. The molecular formula is C18H28F3IN6O. The highest BCUT2D eigenvalue weighted by Crippen LogP contribution is 2.30. The van der Waals surface area contributed by atoms with Crippen molar-refractivity contribution in [1.82, 2.24) is 25.6 Å². The summed E-state index contributed by atoms with van der Waals surface area (Å²) in [5.41, 5.74) is 0.0106. The number of hydrogen-bond donors (Lipinski definition) is 2. The molecule has 0 fully saturated rings. The Morgan fingerprint density at radius 1 is 1.24 bits per heavy atom. The maximum Gasteiger partial charge on any atom is 0.435 e. The van der Waals surface area contributed by atoms with Crippen molar-refractivity contribution in [3.63, 3.8) is 0 Å². The molecule has 0 spiro atoms. The van der Waals surface area contributed by atoms with Crippen molar-refractivity contribution in [2.24, 2.45) is 12.0 Å². The first-order valence-corrected chi connectivity index (χ1v) is 9.35. The molecule has 7 nitrogen and oxygen atoms in total. The Balaban J connectivity index is 0.00000420. The molecule has 0 bridgehead atoms. The van der Waals surface area contributed by atoms with E-state index in [-0.39, 0.29) is 36.1 Å². The standard InChI is InChI=1S/C18H27F3N6O.HI/c1-5-12(6-2)15-8-14(28-26-15)10-24-17(22-7-3)23-9-13-11-27(4)25-16(13)18(19,20)21;/h8,11-12H,5-7,9-10H2,1-4H3,(H2,22,23,24);1H. The number of rotatable bonds is 8. The molecule has 164 valence electrons. The highest BCUT2D eigenvalue weighted by atomic mass is 127. The maximum atomic E-state index is 13.1. The normalized spacial score (nSPS) is 12.2. The maximum absolute atomic E-state index is 13.1. The molecule has 0 aromatic carbocycles. The van der Waals surface area contributed by atoms with E-state index >= 15 is 0 Å². The lowest BCUT2D eigenvalue weighted by molar-refractivity contribution is -0.142. The largest absolute Gasteiger partial charge is 0.435 e. The van der Waals surface area contributed by atoms with E-state index in [1.807, 2.05) is 13.0 Å². The summed E-state index contributed by atoms with van der Waals surface area (Å²) in [6, 6.07) is 1.90. The second-order valence-electron chi connectivity index (χ2n) is 6.45. The van der Waals surface area contributed by atoms with Gasteiger partial charge in [-0.3, -0.25) is 4.68 Å². The minimum atomic E-state index is -4.51. The van der Waals surface area contributed by atoms with Crippen molar-refractivity contribution < 1.29 is 17.7 Å². The second kappa shape index (κ2) is 11.4. The van der Waals surface area contributed by atoms with Crippen LogP contribution >= 0.6 is 24.0 Å². The highest BCUT2D eigenvalue weighted by Gasteiger charge is 2.36. The molecule has 0 aliphatic heterocycles. The van der Waals surface area contributed by atoms with Gasteiger partial charge in [-0.05, 0) is 19.8 Å². The summed E-state index contributed by atoms with van der Waals surface area (Å²) in [5.74, 6) is 1.38. The van der Waals surface area contributed by atoms with Gasteiger partial charge in [-0.1, -0.05) is 19.0 Å². The number of halogens is 4. The smallest absolute Gasteiger partial charge is 0.359 e. The summed E-state index contributed by atoms with van der Waals surface area (Å²) >= 11 is 0. The van der Waals surface area contributed by atoms with Crippen LogP contribution in [0.5, 0.6) is 0 Å². The minimum Gasteiger partial charge on any atom is -0.359 e. The number of nitrogens with zero attached hydrogens (tertiary/aromatic N) is 4. The molecule has 0 saturated heterocycles. The van der Waals surface area contributed by atoms with E-state index in [4.69, 9.17) is 4.52 Å². The van der Waals surface area contributed by atoms with E-state index in [1.54, 1.807) is 0 Å². The SMILES string of the molecule is CCNC(=NCc1cn(C)nc1C(F)(F)F)NCc1cc(C(CC)CC)no1.I. The minimum absolute atomic E-state index is 0. The van der Waals surface area contributed by atoms with E-state index in [0.29, 0.717) is 30.7 Å². The van der Waals surface area contributed by atoms with Crippen molar-refractivity contribution in [3.8, 4) is 0 Å². The molecule has 0 aliphatic carbocycles. The molecule has 2 aromatic rings. The van der Waals surface area contributed by atoms with Gasteiger partial charge in [0.05, 0.1) is 18.8 Å². The monoisotopic (exact) mass is 528 g/mol. The molecule has 0 aliphatic rings. The van der Waals surface area contributed by atoms with Crippen molar-refractivity contribution in [1.29, 1.82) is 0 Å². The lowest BCUT2D eigenvalue weighted by Gasteiger charge is -2.10. The third-order valence-electron chi connectivity index (χ3n) is 4.34. The Morgan fingerprint density at radius 2 is 1.93 bits per heavy atom. The molecule has 2 N–H and O–H groups in total. The predicted molar refractivity (Wildman–Crippen MR) is 115 cm³/mol. The van der Waals surface area contributed by atoms with Gasteiger partial charge in [-0.25, -0.2) is 4.99 Å². The second-order valence-corrected chi connectivity index (χ2v) is 6.45. The van der Waals surface area contributed by atoms with Gasteiger partial charge in [-0.2, -0.15) is 18.3 Å². The summed E-state index contributed by atoms with van der Waals surface area (Å²) in [7, 11) is 1.45. The van der Waals surface area contributed by atoms with Crippen LogP contribution in [0.4, 0.5) is 13.2 Å². The van der Waals surface area contributed by atoms with Crippen molar-refractivity contribution in [2.45, 2.75) is 58.8 Å². The van der Waals surface area contributed by atoms with Gasteiger partial charge in [0.2, 0.25) is 0 Å². The number of hydrogen-bond acceptors (Lipinski definition) is 4. The lowest BCUT2D eigenvalue weighted by atomic mass is 9.99. The van der Waals surface area contributed by atoms with Crippen molar-refractivity contribution >= 4 is 29.9 Å². The number of alkyl halides is 3. The molecular weight excluding hydrogens is 500 g/mol. The van der Waals surface area contributed by atoms with Gasteiger partial charge in [0.25, 0.3) is 0 Å². The number of aryl methyl sites for hydroxylation is 1. The molecule has 2 rings (SSSR count). The van der Waals surface area contributed by atoms with Crippen molar-refractivity contribution in [3.05, 3.63) is 35.0 Å². The number of aromatic nitrogens is 3. The number of nitrogens with one attached hydrogen (secondary N) is 2. The quantitative estimate of drug-likeness (QED) is 0.305. The third kappa shape index (κ3) is 7.19. The zero-order chi connectivity index (χ0) is 20.7. The fourth-order valence-corrected chi connectivity index (χ4v) is 2.88. The van der Waals surface area contributed by atoms with E-state index in [0.717, 1.165) is 23.2 Å². The van der Waals surface area contributed by atoms with Crippen LogP contribution in [0.1, 0.15) is 62.2 Å². The first kappa shape index (κ1) is 25.2. The summed E-state index contributed by atoms with van der Waals surface area (Å²) in [5, 5.41) is 13.7. The van der Waals surface area contributed by atoms with Gasteiger partial charge in [0.1, 0.15) is 0 Å². The third-order valence-corrected chi connectivity index (χ3v) is 4.34. The fraction of sp³-hybridized carbons (Fsp3) is 0.611. The predicted octanol–water partition coefficient (Wildman–Crippen LogP) is 4.20. The van der Waals surface area contributed by atoms with Crippen LogP contribution in [0.15, 0.2) is 21.8 Å². The number of guanidine groups is 1. The summed E-state index contributed by atoms with van der Waals surface area (Å²) < 4.78 is 45.7. The average Bonchev–Trinajstić information content (AvgIpc) is 3.25. The molecule has 0 atom stereocenters. The number of aliphatic imine (C=N–C) groups is 1. The zero-order valence-corrected chi connectivity index (χ0v) is 19.3. The molecule has 0 amide bonds. The molecule has 29 heavy (non-hydrogen) atoms. The average molecular weight is 528 g/mol. The Morgan fingerprint density at radius 3 is 2.52 bits per heavy atom. The van der Waals surface area contributed by atoms with Gasteiger partial charge in [-0.15, -0.1) is 24.0 Å². The Kier molecular flexibility index (Phi) is 9.93. The van der Waals surface area contributed by atoms with Crippen molar-refractivity contribution in [2.75, 3.05) is 6.54 Å². The van der Waals surface area contributed by atoms with E-state index in [1.165, 1.54) is 13.2 Å². The summed E-state index contributed by atoms with van der Waals surface area (Å²) in [6.07, 6.45) is -1.23. The molecule has 0 saturated carbocycles. The lowest BCUT2D eigenvalue weighted by Crippen LogP contribution is -2.36. The topological polar surface area (TPSA) is 80.3 Å². The van der Waals surface area contributed by atoms with E-state index < -0.39 is 11.9 Å². The van der Waals surface area contributed by atoms with Crippen LogP contribution in [0.2, 0.25) is 0 Å². The van der Waals surface area contributed by atoms with Gasteiger partial charge in [0.15, 0.2) is 17.4 Å². The summed E-state index contributed by atoms with van der Waals surface area (Å²) in [4.78, 5) is 4.24. The van der Waals surface area contributed by atoms with Crippen LogP contribution in [0.3, 0.4) is 0 Å². The molecule has 2 aromatic heterocycles. The van der Waals surface area contributed by atoms with Gasteiger partial charge < -0.3 is 15.2 Å². The molecule has 2 heterocycles. The van der Waals surface area contributed by atoms with Gasteiger partial charge in [0, 0.05) is 37.3 Å². The highest BCUT2D eigenvalue weighted by molar-refractivity contribution is 14.0. The van der Waals surface area contributed by atoms with Crippen LogP contribution < -0.4 is 10.6 Å². The Hall–Kier alpha value is -1.79. The molecule has 0 radical (unpaired) electrons. The van der Waals surface area contributed by atoms with Crippen LogP contribution in [0, 0.1) is 0 Å². The Bertz CT molecular complexity index is 783. The van der Waals surface area contributed by atoms with Crippen LogP contribution in [-0.2, 0) is 26.3 Å². The fourth-order valence-electron chi connectivity index (χ4n) is 2.88. The molecule has 0 unspecified atom stereocenters. The van der Waals surface area contributed by atoms with E-state index in [2.05, 4.69) is 39.7 Å². The zero-order valence-electron chi connectivity index (χ0n) is 17.0. The summed E-state index contributed by atoms with van der Waals surface area (Å²) in [6.45, 7) is 6.84. The van der Waals surface area contributed by atoms with Crippen LogP contribution in [0.25, 0.3) is 0 Å². The molecule has 11 heteroatoms. The van der Waals surface area contributed by atoms with Crippen LogP contribution in [-0.4, -0.2) is 27.4 Å². The van der Waals surface area contributed by atoms with Gasteiger partial charge >= 0.3 is 6.18 Å².